The van der Waals surface area contributed by atoms with Crippen molar-refractivity contribution in [3.63, 3.8) is 0 Å². The fraction of sp³-hybridized carbons (Fsp3) is 0.0952. The molecule has 0 aliphatic carbocycles. The van der Waals surface area contributed by atoms with Crippen LogP contribution < -0.4 is 5.32 Å². The summed E-state index contributed by atoms with van der Waals surface area (Å²) in [6, 6.07) is 18.6. The predicted octanol–water partition coefficient (Wildman–Crippen LogP) is 4.45. The highest BCUT2D eigenvalue weighted by Gasteiger charge is 2.10. The number of anilines is 1. The first-order chi connectivity index (χ1) is 13.6. The number of carbonyl (C=O) groups is 1. The Bertz CT molecular complexity index is 1140. The van der Waals surface area contributed by atoms with E-state index in [1.54, 1.807) is 22.8 Å². The van der Waals surface area contributed by atoms with Crippen LogP contribution in [0.2, 0.25) is 5.02 Å². The van der Waals surface area contributed by atoms with Crippen LogP contribution in [0.4, 0.5) is 5.82 Å². The van der Waals surface area contributed by atoms with Crippen molar-refractivity contribution >= 4 is 29.0 Å². The molecule has 7 heteroatoms. The molecule has 0 amide bonds. The summed E-state index contributed by atoms with van der Waals surface area (Å²) in [6.07, 6.45) is 1.76. The number of ether oxygens (including phenoxy) is 1. The van der Waals surface area contributed by atoms with E-state index in [2.05, 4.69) is 15.4 Å². The molecule has 0 saturated heterocycles. The van der Waals surface area contributed by atoms with E-state index in [-0.39, 0.29) is 5.97 Å². The third kappa shape index (κ3) is 3.68. The number of rotatable bonds is 5. The summed E-state index contributed by atoms with van der Waals surface area (Å²) in [4.78, 5) is 16.0. The van der Waals surface area contributed by atoms with Crippen LogP contribution in [0.1, 0.15) is 15.9 Å². The van der Waals surface area contributed by atoms with Crippen molar-refractivity contribution in [1.29, 1.82) is 0 Å². The van der Waals surface area contributed by atoms with E-state index in [9.17, 15) is 4.79 Å². The molecule has 2 heterocycles. The molecule has 0 spiro atoms. The van der Waals surface area contributed by atoms with Crippen molar-refractivity contribution in [3.05, 3.63) is 83.0 Å². The summed E-state index contributed by atoms with van der Waals surface area (Å²) >= 11 is 6.03. The van der Waals surface area contributed by atoms with Crippen molar-refractivity contribution in [1.82, 2.24) is 14.6 Å². The highest BCUT2D eigenvalue weighted by Crippen LogP contribution is 2.22. The van der Waals surface area contributed by atoms with E-state index >= 15 is 0 Å². The maximum Gasteiger partial charge on any atom is 0.337 e. The van der Waals surface area contributed by atoms with E-state index in [4.69, 9.17) is 16.3 Å². The van der Waals surface area contributed by atoms with Gasteiger partial charge in [0.15, 0.2) is 5.65 Å². The molecule has 6 nitrogen and oxygen atoms in total. The van der Waals surface area contributed by atoms with Gasteiger partial charge >= 0.3 is 5.97 Å². The van der Waals surface area contributed by atoms with Crippen LogP contribution >= 0.6 is 11.6 Å². The maximum atomic E-state index is 11.6. The molecule has 0 saturated carbocycles. The molecule has 0 aliphatic rings. The lowest BCUT2D eigenvalue weighted by Gasteiger charge is -2.08. The van der Waals surface area contributed by atoms with Gasteiger partial charge in [0.2, 0.25) is 0 Å². The van der Waals surface area contributed by atoms with Crippen LogP contribution in [0.15, 0.2) is 66.9 Å². The smallest absolute Gasteiger partial charge is 0.337 e. The number of carbonyl (C=O) groups excluding carboxylic acids is 1. The lowest BCUT2D eigenvalue weighted by atomic mass is 10.1. The van der Waals surface area contributed by atoms with Gasteiger partial charge in [0.05, 0.1) is 24.6 Å². The number of methoxy groups -OCH3 is 1. The average molecular weight is 393 g/mol. The normalized spacial score (nSPS) is 10.8. The van der Waals surface area contributed by atoms with Crippen LogP contribution in [-0.2, 0) is 11.3 Å². The summed E-state index contributed by atoms with van der Waals surface area (Å²) in [5.74, 6) is 0.355. The number of aromatic nitrogens is 3. The molecule has 2 aromatic heterocycles. The van der Waals surface area contributed by atoms with Crippen molar-refractivity contribution < 1.29 is 9.53 Å². The van der Waals surface area contributed by atoms with Crippen LogP contribution in [0, 0.1) is 0 Å². The molecule has 1 N–H and O–H groups in total. The molecule has 0 bridgehead atoms. The van der Waals surface area contributed by atoms with Gasteiger partial charge in [-0.05, 0) is 42.0 Å². The fourth-order valence-corrected chi connectivity index (χ4v) is 3.11. The molecule has 0 aliphatic heterocycles. The number of esters is 1. The van der Waals surface area contributed by atoms with Gasteiger partial charge in [0, 0.05) is 17.1 Å². The largest absolute Gasteiger partial charge is 0.465 e. The van der Waals surface area contributed by atoms with Gasteiger partial charge in [-0.3, -0.25) is 0 Å². The van der Waals surface area contributed by atoms with E-state index < -0.39 is 0 Å². The number of hydrogen-bond acceptors (Lipinski definition) is 5. The molecule has 0 radical (unpaired) electrons. The summed E-state index contributed by atoms with van der Waals surface area (Å²) in [6.45, 7) is 0.608. The fourth-order valence-electron chi connectivity index (χ4n) is 2.90. The second-order valence-corrected chi connectivity index (χ2v) is 6.62. The van der Waals surface area contributed by atoms with E-state index in [0.717, 1.165) is 28.3 Å². The van der Waals surface area contributed by atoms with Gasteiger partial charge in [-0.1, -0.05) is 35.9 Å². The molecule has 4 rings (SSSR count). The lowest BCUT2D eigenvalue weighted by Crippen LogP contribution is -2.05. The number of nitrogens with zero attached hydrogens (tertiary/aromatic N) is 3. The van der Waals surface area contributed by atoms with E-state index in [0.29, 0.717) is 17.1 Å². The molecule has 0 unspecified atom stereocenters. The Balaban J connectivity index is 1.60. The Kier molecular flexibility index (Phi) is 4.95. The van der Waals surface area contributed by atoms with Gasteiger partial charge in [-0.15, -0.1) is 5.10 Å². The molecule has 0 fully saturated rings. The van der Waals surface area contributed by atoms with Crippen LogP contribution in [0.3, 0.4) is 0 Å². The van der Waals surface area contributed by atoms with Crippen molar-refractivity contribution in [2.75, 3.05) is 12.4 Å². The van der Waals surface area contributed by atoms with Crippen LogP contribution in [0.25, 0.3) is 16.9 Å². The Morgan fingerprint density at radius 3 is 2.71 bits per heavy atom. The monoisotopic (exact) mass is 392 g/mol. The van der Waals surface area contributed by atoms with Gasteiger partial charge in [0.1, 0.15) is 5.82 Å². The number of imidazole rings is 1. The Hall–Kier alpha value is -3.38. The minimum atomic E-state index is -0.365. The summed E-state index contributed by atoms with van der Waals surface area (Å²) in [5.41, 5.74) is 4.04. The maximum absolute atomic E-state index is 11.6. The zero-order chi connectivity index (χ0) is 19.5. The van der Waals surface area contributed by atoms with Gasteiger partial charge in [-0.25, -0.2) is 14.3 Å². The van der Waals surface area contributed by atoms with E-state index in [1.807, 2.05) is 48.5 Å². The number of fused-ring (bicyclic) bond motifs is 1. The third-order valence-electron chi connectivity index (χ3n) is 4.33. The highest BCUT2D eigenvalue weighted by atomic mass is 35.5. The number of hydrogen-bond donors (Lipinski definition) is 1. The number of nitrogens with one attached hydrogen (secondary N) is 1. The van der Waals surface area contributed by atoms with Gasteiger partial charge in [-0.2, -0.15) is 0 Å². The van der Waals surface area contributed by atoms with Crippen molar-refractivity contribution in [2.24, 2.45) is 0 Å². The second-order valence-electron chi connectivity index (χ2n) is 6.18. The van der Waals surface area contributed by atoms with Crippen LogP contribution in [-0.4, -0.2) is 27.7 Å². The Morgan fingerprint density at radius 2 is 1.96 bits per heavy atom. The van der Waals surface area contributed by atoms with Gasteiger partial charge < -0.3 is 10.1 Å². The minimum absolute atomic E-state index is 0.365. The Morgan fingerprint density at radius 1 is 1.14 bits per heavy atom. The number of benzene rings is 2. The summed E-state index contributed by atoms with van der Waals surface area (Å²) in [7, 11) is 1.36. The molecule has 28 heavy (non-hydrogen) atoms. The molecule has 140 valence electrons. The quantitative estimate of drug-likeness (QED) is 0.508. The first-order valence-electron chi connectivity index (χ1n) is 8.66. The lowest BCUT2D eigenvalue weighted by molar-refractivity contribution is 0.0601. The SMILES string of the molecule is COC(=O)c1ccc(-c2cnc3ccc(NCc4cccc(Cl)c4)nn23)cc1. The van der Waals surface area contributed by atoms with Crippen LogP contribution in [0.5, 0.6) is 0 Å². The zero-order valence-electron chi connectivity index (χ0n) is 15.1. The zero-order valence-corrected chi connectivity index (χ0v) is 15.8. The van der Waals surface area contributed by atoms with Crippen molar-refractivity contribution in [3.8, 4) is 11.3 Å². The Labute approximate surface area is 166 Å². The average Bonchev–Trinajstić information content (AvgIpc) is 3.15. The second kappa shape index (κ2) is 7.70. The van der Waals surface area contributed by atoms with Crippen molar-refractivity contribution in [2.45, 2.75) is 6.54 Å². The molecular formula is C21H17ClN4O2. The molecule has 0 atom stereocenters. The standard InChI is InChI=1S/C21H17ClN4O2/c1-28-21(27)16-7-5-15(6-8-16)18-13-24-20-10-9-19(25-26(18)20)23-12-14-3-2-4-17(22)11-14/h2-11,13H,12H2,1H3,(H,23,25). The summed E-state index contributed by atoms with van der Waals surface area (Å²) in [5, 5.41) is 8.65. The first kappa shape index (κ1) is 18.0. The minimum Gasteiger partial charge on any atom is -0.465 e. The topological polar surface area (TPSA) is 68.5 Å². The number of halogens is 1. The molecular weight excluding hydrogens is 376 g/mol. The molecule has 4 aromatic rings. The van der Waals surface area contributed by atoms with Gasteiger partial charge in [0.25, 0.3) is 0 Å². The third-order valence-corrected chi connectivity index (χ3v) is 4.56. The molecule has 2 aromatic carbocycles. The highest BCUT2D eigenvalue weighted by molar-refractivity contribution is 6.30. The first-order valence-corrected chi connectivity index (χ1v) is 9.04. The summed E-state index contributed by atoms with van der Waals surface area (Å²) < 4.78 is 6.51. The predicted molar refractivity (Wildman–Crippen MR) is 109 cm³/mol. The van der Waals surface area contributed by atoms with E-state index in [1.165, 1.54) is 7.11 Å².